The lowest BCUT2D eigenvalue weighted by Gasteiger charge is -2.09. The number of benzene rings is 1. The van der Waals surface area contributed by atoms with E-state index in [1.807, 2.05) is 24.4 Å². The molecule has 3 aromatic rings. The Kier molecular flexibility index (Phi) is 5.15. The number of aromatic nitrogens is 2. The van der Waals surface area contributed by atoms with Crippen LogP contribution < -0.4 is 20.5 Å². The first-order valence-electron chi connectivity index (χ1n) is 7.31. The van der Waals surface area contributed by atoms with Crippen molar-refractivity contribution >= 4 is 38.8 Å². The topological polar surface area (TPSA) is 99.4 Å². The maximum atomic E-state index is 12.1. The van der Waals surface area contributed by atoms with E-state index in [0.29, 0.717) is 21.8 Å². The molecule has 0 bridgehead atoms. The van der Waals surface area contributed by atoms with Crippen LogP contribution in [0, 0.1) is 6.92 Å². The molecule has 2 aromatic heterocycles. The first-order valence-corrected chi connectivity index (χ1v) is 9.01. The highest BCUT2D eigenvalue weighted by molar-refractivity contribution is 7.19. The molecule has 0 saturated carbocycles. The number of amides is 1. The fraction of sp³-hybridized carbons (Fsp3) is 0.188. The Morgan fingerprint density at radius 1 is 1.28 bits per heavy atom. The smallest absolute Gasteiger partial charge is 0.264 e. The third kappa shape index (κ3) is 4.06. The zero-order valence-electron chi connectivity index (χ0n) is 13.6. The minimum Gasteiger partial charge on any atom is -0.493 e. The number of nitrogens with one attached hydrogen (secondary N) is 1. The molecule has 0 aliphatic heterocycles. The third-order valence-electron chi connectivity index (χ3n) is 3.23. The zero-order chi connectivity index (χ0) is 17.8. The van der Waals surface area contributed by atoms with E-state index in [-0.39, 0.29) is 12.5 Å². The van der Waals surface area contributed by atoms with E-state index < -0.39 is 0 Å². The van der Waals surface area contributed by atoms with Gasteiger partial charge in [0.25, 0.3) is 5.91 Å². The van der Waals surface area contributed by atoms with E-state index in [1.54, 1.807) is 19.2 Å². The highest BCUT2D eigenvalue weighted by Crippen LogP contribution is 2.33. The van der Waals surface area contributed by atoms with Crippen LogP contribution in [0.2, 0.25) is 0 Å². The molecule has 3 N–H and O–H groups in total. The summed E-state index contributed by atoms with van der Waals surface area (Å²) in [5, 5.41) is 5.59. The van der Waals surface area contributed by atoms with Crippen LogP contribution in [-0.2, 0) is 4.79 Å². The number of hydrogen-bond donors (Lipinski definition) is 2. The molecule has 0 saturated heterocycles. The molecule has 9 heteroatoms. The summed E-state index contributed by atoms with van der Waals surface area (Å²) in [4.78, 5) is 21.6. The first-order chi connectivity index (χ1) is 12.1. The number of methoxy groups -OCH3 is 1. The molecule has 0 radical (unpaired) electrons. The van der Waals surface area contributed by atoms with Gasteiger partial charge in [-0.1, -0.05) is 23.5 Å². The van der Waals surface area contributed by atoms with Gasteiger partial charge in [0.2, 0.25) is 0 Å². The molecule has 0 aliphatic rings. The van der Waals surface area contributed by atoms with Crippen molar-refractivity contribution in [2.24, 2.45) is 0 Å². The van der Waals surface area contributed by atoms with Crippen LogP contribution >= 0.6 is 22.7 Å². The summed E-state index contributed by atoms with van der Waals surface area (Å²) >= 11 is 2.72. The van der Waals surface area contributed by atoms with Gasteiger partial charge in [-0.2, -0.15) is 0 Å². The van der Waals surface area contributed by atoms with E-state index in [2.05, 4.69) is 15.3 Å². The predicted molar refractivity (Wildman–Crippen MR) is 99.5 cm³/mol. The Morgan fingerprint density at radius 2 is 2.04 bits per heavy atom. The fourth-order valence-electron chi connectivity index (χ4n) is 2.12. The number of aryl methyl sites for hydroxylation is 1. The minimum absolute atomic E-state index is 0.141. The lowest BCUT2D eigenvalue weighted by molar-refractivity contribution is -0.118. The number of nitrogens with two attached hydrogens (primary N) is 1. The lowest BCUT2D eigenvalue weighted by Crippen LogP contribution is -2.20. The van der Waals surface area contributed by atoms with Gasteiger partial charge < -0.3 is 15.2 Å². The Balaban J connectivity index is 1.63. The summed E-state index contributed by atoms with van der Waals surface area (Å²) in [6, 6.07) is 7.15. The monoisotopic (exact) mass is 376 g/mol. The highest BCUT2D eigenvalue weighted by Gasteiger charge is 2.15. The standard InChI is InChI=1S/C16H16N4O3S2/c1-9-14(10-8-24-15(17)19-10)25-16(18-9)20-13(21)7-23-12-6-4-3-5-11(12)22-2/h3-6,8H,7H2,1-2H3,(H2,17,19)(H,18,20,21). The number of carbonyl (C=O) groups is 1. The van der Waals surface area contributed by atoms with E-state index in [4.69, 9.17) is 15.2 Å². The quantitative estimate of drug-likeness (QED) is 0.685. The van der Waals surface area contributed by atoms with Gasteiger partial charge in [-0.25, -0.2) is 9.97 Å². The van der Waals surface area contributed by atoms with E-state index in [0.717, 1.165) is 16.3 Å². The Hall–Kier alpha value is -2.65. The van der Waals surface area contributed by atoms with Crippen LogP contribution in [0.1, 0.15) is 5.69 Å². The normalized spacial score (nSPS) is 10.5. The molecule has 3 rings (SSSR count). The average Bonchev–Trinajstić information content (AvgIpc) is 3.18. The van der Waals surface area contributed by atoms with Crippen molar-refractivity contribution in [3.63, 3.8) is 0 Å². The molecule has 1 amide bonds. The van der Waals surface area contributed by atoms with Crippen molar-refractivity contribution in [3.8, 4) is 22.1 Å². The molecule has 0 spiro atoms. The summed E-state index contributed by atoms with van der Waals surface area (Å²) in [5.74, 6) is 0.780. The third-order valence-corrected chi connectivity index (χ3v) is 4.99. The molecule has 2 heterocycles. The largest absolute Gasteiger partial charge is 0.493 e. The van der Waals surface area contributed by atoms with Gasteiger partial charge in [0.05, 0.1) is 23.4 Å². The summed E-state index contributed by atoms with van der Waals surface area (Å²) in [5.41, 5.74) is 7.22. The number of thiazole rings is 2. The Labute approximate surface area is 152 Å². The second kappa shape index (κ2) is 7.49. The van der Waals surface area contributed by atoms with Crippen molar-refractivity contribution in [1.29, 1.82) is 0 Å². The van der Waals surface area contributed by atoms with Crippen LogP contribution in [0.3, 0.4) is 0 Å². The molecule has 0 fully saturated rings. The summed E-state index contributed by atoms with van der Waals surface area (Å²) < 4.78 is 10.7. The molecule has 0 unspecified atom stereocenters. The number of anilines is 2. The second-order valence-corrected chi connectivity index (χ2v) is 6.88. The van der Waals surface area contributed by atoms with Crippen LogP contribution in [-0.4, -0.2) is 29.6 Å². The van der Waals surface area contributed by atoms with Gasteiger partial charge in [-0.05, 0) is 19.1 Å². The summed E-state index contributed by atoms with van der Waals surface area (Å²) in [6.45, 7) is 1.72. The van der Waals surface area contributed by atoms with Gasteiger partial charge >= 0.3 is 0 Å². The number of rotatable bonds is 6. The first kappa shape index (κ1) is 17.2. The van der Waals surface area contributed by atoms with Crippen molar-refractivity contribution < 1.29 is 14.3 Å². The number of ether oxygens (including phenoxy) is 2. The van der Waals surface area contributed by atoms with Crippen molar-refractivity contribution in [3.05, 3.63) is 35.3 Å². The van der Waals surface area contributed by atoms with Crippen LogP contribution in [0.15, 0.2) is 29.6 Å². The summed E-state index contributed by atoms with van der Waals surface area (Å²) in [7, 11) is 1.55. The number of hydrogen-bond acceptors (Lipinski definition) is 8. The lowest BCUT2D eigenvalue weighted by atomic mass is 10.3. The Morgan fingerprint density at radius 3 is 2.72 bits per heavy atom. The average molecular weight is 376 g/mol. The molecular weight excluding hydrogens is 360 g/mol. The molecule has 0 aliphatic carbocycles. The van der Waals surface area contributed by atoms with Gasteiger partial charge in [0, 0.05) is 5.38 Å². The number of nitrogen functional groups attached to an aromatic ring is 1. The second-order valence-electron chi connectivity index (χ2n) is 4.99. The van der Waals surface area contributed by atoms with Crippen molar-refractivity contribution in [2.45, 2.75) is 6.92 Å². The SMILES string of the molecule is COc1ccccc1OCC(=O)Nc1nc(C)c(-c2csc(N)n2)s1. The van der Waals surface area contributed by atoms with Gasteiger partial charge in [0.15, 0.2) is 28.4 Å². The molecule has 1 aromatic carbocycles. The van der Waals surface area contributed by atoms with Crippen LogP contribution in [0.4, 0.5) is 10.3 Å². The van der Waals surface area contributed by atoms with Crippen LogP contribution in [0.25, 0.3) is 10.6 Å². The van der Waals surface area contributed by atoms with E-state index in [9.17, 15) is 4.79 Å². The molecular formula is C16H16N4O3S2. The molecule has 130 valence electrons. The number of para-hydroxylation sites is 2. The summed E-state index contributed by atoms with van der Waals surface area (Å²) in [6.07, 6.45) is 0. The van der Waals surface area contributed by atoms with E-state index in [1.165, 1.54) is 22.7 Å². The Bertz CT molecular complexity index is 891. The van der Waals surface area contributed by atoms with E-state index >= 15 is 0 Å². The maximum Gasteiger partial charge on any atom is 0.264 e. The fourth-order valence-corrected chi connectivity index (χ4v) is 3.69. The minimum atomic E-state index is -0.302. The van der Waals surface area contributed by atoms with Gasteiger partial charge in [-0.15, -0.1) is 11.3 Å². The van der Waals surface area contributed by atoms with Crippen molar-refractivity contribution in [2.75, 3.05) is 24.8 Å². The molecule has 7 nitrogen and oxygen atoms in total. The van der Waals surface area contributed by atoms with Gasteiger partial charge in [0.1, 0.15) is 0 Å². The molecule has 0 atom stereocenters. The number of carbonyl (C=O) groups excluding carboxylic acids is 1. The highest BCUT2D eigenvalue weighted by atomic mass is 32.1. The van der Waals surface area contributed by atoms with Crippen molar-refractivity contribution in [1.82, 2.24) is 9.97 Å². The van der Waals surface area contributed by atoms with Crippen LogP contribution in [0.5, 0.6) is 11.5 Å². The van der Waals surface area contributed by atoms with Gasteiger partial charge in [-0.3, -0.25) is 10.1 Å². The zero-order valence-corrected chi connectivity index (χ0v) is 15.2. The molecule has 25 heavy (non-hydrogen) atoms. The maximum absolute atomic E-state index is 12.1. The number of nitrogens with zero attached hydrogens (tertiary/aromatic N) is 2. The predicted octanol–water partition coefficient (Wildman–Crippen LogP) is 3.18.